The molecule has 0 aliphatic heterocycles. The Labute approximate surface area is 305 Å². The molecule has 10 rings (SSSR count). The molecule has 248 valence electrons. The van der Waals surface area contributed by atoms with Crippen molar-refractivity contribution in [2.75, 3.05) is 0 Å². The van der Waals surface area contributed by atoms with Crippen molar-refractivity contribution in [1.29, 1.82) is 0 Å². The molecule has 0 atom stereocenters. The molecule has 0 aliphatic rings. The number of para-hydroxylation sites is 1. The molecule has 0 saturated heterocycles. The van der Waals surface area contributed by atoms with Gasteiger partial charge in [-0.2, -0.15) is 0 Å². The number of rotatable bonds is 4. The summed E-state index contributed by atoms with van der Waals surface area (Å²) in [5.41, 5.74) is 18.0. The second kappa shape index (κ2) is 13.0. The highest BCUT2D eigenvalue weighted by atomic mass is 14.9. The Balaban J connectivity index is 0.000000234. The molecule has 10 aromatic rings. The maximum Gasteiger partial charge on any atom is 0.0620 e. The number of fused-ring (bicyclic) bond motifs is 6. The standard InChI is InChI=1S/C38H27N.C13H12/c1-24-9-6-7-12-30(24)33-21-28(16-15-25(33)2)29-18-20-37-35(23-29)32-14-8-13-31-34-22-27(26-10-4-3-5-11-26)17-19-36(34)39(37)38(31)32;1-11-6-5-9-13(10-11)12-7-3-2-4-8-12/h3-23H,1-2H3;2-10H,1H3. The van der Waals surface area contributed by atoms with Crippen molar-refractivity contribution in [3.8, 4) is 44.5 Å². The van der Waals surface area contributed by atoms with E-state index in [0.29, 0.717) is 0 Å². The molecular formula is C51H39N. The minimum atomic E-state index is 1.25. The lowest BCUT2D eigenvalue weighted by atomic mass is 9.92. The van der Waals surface area contributed by atoms with Crippen LogP contribution in [0.2, 0.25) is 0 Å². The number of benzene rings is 8. The summed E-state index contributed by atoms with van der Waals surface area (Å²) in [4.78, 5) is 0. The van der Waals surface area contributed by atoms with Gasteiger partial charge in [-0.1, -0.05) is 157 Å². The fourth-order valence-corrected chi connectivity index (χ4v) is 7.90. The van der Waals surface area contributed by atoms with Gasteiger partial charge in [0.05, 0.1) is 16.6 Å². The van der Waals surface area contributed by atoms with Gasteiger partial charge in [0.1, 0.15) is 0 Å². The molecular weight excluding hydrogens is 627 g/mol. The van der Waals surface area contributed by atoms with Crippen LogP contribution < -0.4 is 0 Å². The van der Waals surface area contributed by atoms with Crippen LogP contribution in [0.5, 0.6) is 0 Å². The van der Waals surface area contributed by atoms with Crippen LogP contribution in [0.25, 0.3) is 82.6 Å². The van der Waals surface area contributed by atoms with Crippen molar-refractivity contribution in [1.82, 2.24) is 4.40 Å². The summed E-state index contributed by atoms with van der Waals surface area (Å²) in [6.07, 6.45) is 0. The van der Waals surface area contributed by atoms with Gasteiger partial charge in [-0.05, 0) is 107 Å². The second-order valence-electron chi connectivity index (χ2n) is 13.9. The van der Waals surface area contributed by atoms with Gasteiger partial charge < -0.3 is 4.40 Å². The van der Waals surface area contributed by atoms with Crippen molar-refractivity contribution in [3.63, 3.8) is 0 Å². The molecule has 0 bridgehead atoms. The number of hydrogen-bond donors (Lipinski definition) is 0. The van der Waals surface area contributed by atoms with E-state index in [2.05, 4.69) is 201 Å². The predicted molar refractivity (Wildman–Crippen MR) is 223 cm³/mol. The van der Waals surface area contributed by atoms with E-state index < -0.39 is 0 Å². The van der Waals surface area contributed by atoms with E-state index in [4.69, 9.17) is 0 Å². The van der Waals surface area contributed by atoms with E-state index in [1.54, 1.807) is 0 Å². The van der Waals surface area contributed by atoms with E-state index in [-0.39, 0.29) is 0 Å². The van der Waals surface area contributed by atoms with E-state index in [0.717, 1.165) is 0 Å². The molecule has 0 amide bonds. The van der Waals surface area contributed by atoms with Gasteiger partial charge >= 0.3 is 0 Å². The SMILES string of the molecule is Cc1cccc(-c2ccccc2)c1.Cc1ccccc1-c1cc(-c2ccc3c(c2)c2cccc4c5cc(-c6ccccc6)ccc5n3c42)ccc1C. The third-order valence-corrected chi connectivity index (χ3v) is 10.6. The highest BCUT2D eigenvalue weighted by molar-refractivity contribution is 6.24. The van der Waals surface area contributed by atoms with E-state index in [1.165, 1.54) is 99.3 Å². The fourth-order valence-electron chi connectivity index (χ4n) is 7.90. The Hall–Kier alpha value is -6.44. The molecule has 8 aromatic carbocycles. The van der Waals surface area contributed by atoms with Crippen LogP contribution in [-0.4, -0.2) is 4.40 Å². The van der Waals surface area contributed by atoms with Gasteiger partial charge in [-0.3, -0.25) is 0 Å². The molecule has 0 spiro atoms. The summed E-state index contributed by atoms with van der Waals surface area (Å²) in [6, 6.07) is 65.8. The van der Waals surface area contributed by atoms with Crippen LogP contribution in [-0.2, 0) is 0 Å². The van der Waals surface area contributed by atoms with Crippen molar-refractivity contribution in [3.05, 3.63) is 199 Å². The Kier molecular flexibility index (Phi) is 7.90. The molecule has 0 saturated carbocycles. The number of aryl methyl sites for hydroxylation is 3. The first-order valence-corrected chi connectivity index (χ1v) is 18.1. The summed E-state index contributed by atoms with van der Waals surface area (Å²) in [5.74, 6) is 0. The molecule has 2 heterocycles. The van der Waals surface area contributed by atoms with Crippen LogP contribution in [0, 0.1) is 20.8 Å². The fraction of sp³-hybridized carbons (Fsp3) is 0.0588. The third kappa shape index (κ3) is 5.52. The maximum atomic E-state index is 2.46. The number of hydrogen-bond acceptors (Lipinski definition) is 0. The van der Waals surface area contributed by atoms with Crippen molar-refractivity contribution in [2.45, 2.75) is 20.8 Å². The Morgan fingerprint density at radius 3 is 1.40 bits per heavy atom. The van der Waals surface area contributed by atoms with E-state index in [1.807, 2.05) is 6.07 Å². The predicted octanol–water partition coefficient (Wildman–Crippen LogP) is 14.1. The zero-order chi connectivity index (χ0) is 35.2. The first-order chi connectivity index (χ1) is 25.5. The summed E-state index contributed by atoms with van der Waals surface area (Å²) in [7, 11) is 0. The van der Waals surface area contributed by atoms with Crippen molar-refractivity contribution >= 4 is 38.1 Å². The van der Waals surface area contributed by atoms with Crippen LogP contribution in [0.1, 0.15) is 16.7 Å². The van der Waals surface area contributed by atoms with Gasteiger partial charge in [0.15, 0.2) is 0 Å². The first-order valence-electron chi connectivity index (χ1n) is 18.1. The van der Waals surface area contributed by atoms with Crippen molar-refractivity contribution < 1.29 is 0 Å². The molecule has 52 heavy (non-hydrogen) atoms. The minimum absolute atomic E-state index is 1.25. The first kappa shape index (κ1) is 31.5. The van der Waals surface area contributed by atoms with Crippen LogP contribution >= 0.6 is 0 Å². The van der Waals surface area contributed by atoms with Gasteiger partial charge in [0.2, 0.25) is 0 Å². The summed E-state index contributed by atoms with van der Waals surface area (Å²) in [6.45, 7) is 6.52. The quantitative estimate of drug-likeness (QED) is 0.176. The molecule has 0 aliphatic carbocycles. The van der Waals surface area contributed by atoms with E-state index >= 15 is 0 Å². The summed E-state index contributed by atoms with van der Waals surface area (Å²) < 4.78 is 2.46. The summed E-state index contributed by atoms with van der Waals surface area (Å²) >= 11 is 0. The maximum absolute atomic E-state index is 2.46. The highest BCUT2D eigenvalue weighted by Gasteiger charge is 2.18. The largest absolute Gasteiger partial charge is 0.308 e. The molecule has 1 heteroatoms. The zero-order valence-electron chi connectivity index (χ0n) is 29.8. The third-order valence-electron chi connectivity index (χ3n) is 10.6. The van der Waals surface area contributed by atoms with E-state index in [9.17, 15) is 0 Å². The van der Waals surface area contributed by atoms with Crippen LogP contribution in [0.3, 0.4) is 0 Å². The Morgan fingerprint density at radius 1 is 0.308 bits per heavy atom. The molecule has 2 aromatic heterocycles. The lowest BCUT2D eigenvalue weighted by Gasteiger charge is -2.12. The van der Waals surface area contributed by atoms with Crippen LogP contribution in [0.4, 0.5) is 0 Å². The average molecular weight is 666 g/mol. The topological polar surface area (TPSA) is 4.41 Å². The monoisotopic (exact) mass is 665 g/mol. The molecule has 0 fully saturated rings. The lowest BCUT2D eigenvalue weighted by Crippen LogP contribution is -1.89. The average Bonchev–Trinajstić information content (AvgIpc) is 3.71. The van der Waals surface area contributed by atoms with Gasteiger partial charge in [-0.15, -0.1) is 0 Å². The van der Waals surface area contributed by atoms with Gasteiger partial charge in [0.25, 0.3) is 0 Å². The van der Waals surface area contributed by atoms with Crippen molar-refractivity contribution in [2.24, 2.45) is 0 Å². The number of nitrogens with zero attached hydrogens (tertiary/aromatic N) is 1. The second-order valence-corrected chi connectivity index (χ2v) is 13.9. The molecule has 0 N–H and O–H groups in total. The highest BCUT2D eigenvalue weighted by Crippen LogP contribution is 2.42. The Morgan fingerprint density at radius 2 is 0.788 bits per heavy atom. The van der Waals surface area contributed by atoms with Gasteiger partial charge in [-0.25, -0.2) is 0 Å². The minimum Gasteiger partial charge on any atom is -0.308 e. The summed E-state index contributed by atoms with van der Waals surface area (Å²) in [5, 5.41) is 5.24. The normalized spacial score (nSPS) is 11.4. The number of aromatic nitrogens is 1. The lowest BCUT2D eigenvalue weighted by molar-refractivity contribution is 1.37. The smallest absolute Gasteiger partial charge is 0.0620 e. The molecule has 0 unspecified atom stereocenters. The molecule has 0 radical (unpaired) electrons. The van der Waals surface area contributed by atoms with Crippen LogP contribution in [0.15, 0.2) is 182 Å². The van der Waals surface area contributed by atoms with Gasteiger partial charge in [0, 0.05) is 21.5 Å². The zero-order valence-corrected chi connectivity index (χ0v) is 29.8. The molecule has 1 nitrogen and oxygen atoms in total. The Bertz CT molecular complexity index is 2860.